The van der Waals surface area contributed by atoms with Gasteiger partial charge in [-0.2, -0.15) is 0 Å². The fraction of sp³-hybridized carbons (Fsp3) is 0.500. The van der Waals surface area contributed by atoms with Crippen molar-refractivity contribution < 1.29 is 14.7 Å². The molecule has 0 bridgehead atoms. The molecule has 0 aliphatic heterocycles. The zero-order valence-corrected chi connectivity index (χ0v) is 12.8. The van der Waals surface area contributed by atoms with E-state index in [9.17, 15) is 9.59 Å². The van der Waals surface area contributed by atoms with Gasteiger partial charge in [-0.3, -0.25) is 4.79 Å². The Morgan fingerprint density at radius 1 is 1.38 bits per heavy atom. The molecule has 4 nitrogen and oxygen atoms in total. The summed E-state index contributed by atoms with van der Waals surface area (Å²) in [5.74, 6) is 1.18. The maximum atomic E-state index is 12.4. The zero-order chi connectivity index (χ0) is 15.0. The first-order chi connectivity index (χ1) is 10.0. The minimum Gasteiger partial charge on any atom is -0.478 e. The van der Waals surface area contributed by atoms with Crippen molar-refractivity contribution in [2.45, 2.75) is 25.8 Å². The Hall–Kier alpha value is -1.62. The predicted octanol–water partition coefficient (Wildman–Crippen LogP) is 2.85. The van der Waals surface area contributed by atoms with Gasteiger partial charge in [-0.05, 0) is 54.2 Å². The highest BCUT2D eigenvalue weighted by Gasteiger charge is 2.48. The van der Waals surface area contributed by atoms with Gasteiger partial charge in [-0.15, -0.1) is 11.3 Å². The average molecular weight is 305 g/mol. The Morgan fingerprint density at radius 3 is 2.76 bits per heavy atom. The maximum absolute atomic E-state index is 12.4. The minimum absolute atomic E-state index is 0.227. The van der Waals surface area contributed by atoms with Crippen LogP contribution in [0.15, 0.2) is 17.5 Å². The molecule has 1 aromatic heterocycles. The predicted molar refractivity (Wildman–Crippen MR) is 81.8 cm³/mol. The summed E-state index contributed by atoms with van der Waals surface area (Å²) in [7, 11) is 1.86. The van der Waals surface area contributed by atoms with Crippen LogP contribution in [0.4, 0.5) is 0 Å². The maximum Gasteiger partial charge on any atom is 0.328 e. The van der Waals surface area contributed by atoms with Gasteiger partial charge in [0.15, 0.2) is 0 Å². The van der Waals surface area contributed by atoms with E-state index in [0.29, 0.717) is 6.54 Å². The summed E-state index contributed by atoms with van der Waals surface area (Å²) < 4.78 is 0. The van der Waals surface area contributed by atoms with E-state index in [4.69, 9.17) is 5.11 Å². The van der Waals surface area contributed by atoms with Crippen LogP contribution in [0, 0.1) is 17.8 Å². The van der Waals surface area contributed by atoms with Crippen molar-refractivity contribution in [3.63, 3.8) is 0 Å². The number of rotatable bonds is 5. The number of amides is 1. The molecule has 2 saturated carbocycles. The molecule has 2 fully saturated rings. The molecule has 0 radical (unpaired) electrons. The minimum atomic E-state index is -0.949. The van der Waals surface area contributed by atoms with Gasteiger partial charge < -0.3 is 10.0 Å². The lowest BCUT2D eigenvalue weighted by atomic mass is 10.0. The van der Waals surface area contributed by atoms with Crippen molar-refractivity contribution in [3.05, 3.63) is 28.0 Å². The van der Waals surface area contributed by atoms with Gasteiger partial charge in [0.2, 0.25) is 5.91 Å². The lowest BCUT2D eigenvalue weighted by molar-refractivity contribution is -0.135. The Labute approximate surface area is 128 Å². The van der Waals surface area contributed by atoms with Crippen LogP contribution in [-0.4, -0.2) is 28.9 Å². The molecule has 0 spiro atoms. The molecule has 0 aromatic carbocycles. The van der Waals surface area contributed by atoms with Gasteiger partial charge in [-0.1, -0.05) is 0 Å². The molecule has 2 aliphatic rings. The van der Waals surface area contributed by atoms with Crippen molar-refractivity contribution in [2.24, 2.45) is 17.8 Å². The third-order valence-corrected chi connectivity index (χ3v) is 5.39. The van der Waals surface area contributed by atoms with Gasteiger partial charge in [0.1, 0.15) is 0 Å². The Balaban J connectivity index is 1.55. The van der Waals surface area contributed by atoms with Crippen LogP contribution in [0.2, 0.25) is 0 Å². The highest BCUT2D eigenvalue weighted by molar-refractivity contribution is 7.10. The fourth-order valence-electron chi connectivity index (χ4n) is 3.28. The number of aliphatic carboxylic acids is 1. The van der Waals surface area contributed by atoms with Crippen molar-refractivity contribution in [2.75, 3.05) is 7.05 Å². The van der Waals surface area contributed by atoms with Gasteiger partial charge in [0, 0.05) is 23.9 Å². The summed E-state index contributed by atoms with van der Waals surface area (Å²) in [4.78, 5) is 25.8. The largest absolute Gasteiger partial charge is 0.478 e. The first-order valence-electron chi connectivity index (χ1n) is 7.26. The molecular weight excluding hydrogens is 286 g/mol. The standard InChI is InChI=1S/C16H19NO3S/c1-17(16(20)13-6-11-5-12(11)7-13)8-14-4-10(9-21-14)2-3-15(18)19/h2-4,9,11-13H,5-8H2,1H3,(H,18,19)/b3-2+. The highest BCUT2D eigenvalue weighted by Crippen LogP contribution is 2.54. The monoisotopic (exact) mass is 305 g/mol. The summed E-state index contributed by atoms with van der Waals surface area (Å²) in [6.07, 6.45) is 6.19. The number of carbonyl (C=O) groups excluding carboxylic acids is 1. The number of nitrogens with zero attached hydrogens (tertiary/aromatic N) is 1. The molecule has 21 heavy (non-hydrogen) atoms. The van der Waals surface area contributed by atoms with Crippen molar-refractivity contribution >= 4 is 29.3 Å². The molecule has 1 amide bonds. The topological polar surface area (TPSA) is 57.6 Å². The van der Waals surface area contributed by atoms with E-state index < -0.39 is 5.97 Å². The fourth-order valence-corrected chi connectivity index (χ4v) is 4.18. The van der Waals surface area contributed by atoms with Gasteiger partial charge in [-0.25, -0.2) is 4.79 Å². The quantitative estimate of drug-likeness (QED) is 0.851. The summed E-state index contributed by atoms with van der Waals surface area (Å²) in [6.45, 7) is 0.607. The van der Waals surface area contributed by atoms with Crippen LogP contribution in [0.1, 0.15) is 29.7 Å². The number of fused-ring (bicyclic) bond motifs is 1. The van der Waals surface area contributed by atoms with E-state index in [-0.39, 0.29) is 11.8 Å². The number of carboxylic acids is 1. The van der Waals surface area contributed by atoms with Crippen LogP contribution in [0.25, 0.3) is 6.08 Å². The van der Waals surface area contributed by atoms with E-state index in [1.807, 2.05) is 23.4 Å². The van der Waals surface area contributed by atoms with Gasteiger partial charge in [0.25, 0.3) is 0 Å². The number of hydrogen-bond donors (Lipinski definition) is 1. The Morgan fingerprint density at radius 2 is 2.10 bits per heavy atom. The molecule has 2 unspecified atom stereocenters. The normalized spacial score (nSPS) is 26.8. The van der Waals surface area contributed by atoms with Gasteiger partial charge >= 0.3 is 5.97 Å². The summed E-state index contributed by atoms with van der Waals surface area (Å²) in [5, 5.41) is 10.5. The van der Waals surface area contributed by atoms with E-state index in [1.165, 1.54) is 6.42 Å². The molecule has 1 aromatic rings. The molecule has 2 aliphatic carbocycles. The van der Waals surface area contributed by atoms with Crippen LogP contribution >= 0.6 is 11.3 Å². The molecule has 5 heteroatoms. The first-order valence-corrected chi connectivity index (χ1v) is 8.14. The van der Waals surface area contributed by atoms with Crippen molar-refractivity contribution in [1.29, 1.82) is 0 Å². The second kappa shape index (κ2) is 5.64. The van der Waals surface area contributed by atoms with Crippen molar-refractivity contribution in [1.82, 2.24) is 4.90 Å². The highest BCUT2D eigenvalue weighted by atomic mass is 32.1. The lowest BCUT2D eigenvalue weighted by Gasteiger charge is -2.21. The van der Waals surface area contributed by atoms with Crippen LogP contribution in [0.3, 0.4) is 0 Å². The number of hydrogen-bond acceptors (Lipinski definition) is 3. The van der Waals surface area contributed by atoms with E-state index in [1.54, 1.807) is 17.4 Å². The second-order valence-electron chi connectivity index (χ2n) is 6.14. The Kier molecular flexibility index (Phi) is 3.85. The Bertz CT molecular complexity index is 582. The SMILES string of the molecule is CN(Cc1cc(/C=C/C(=O)O)cs1)C(=O)C1CC2CC2C1. The third kappa shape index (κ3) is 3.35. The number of carboxylic acid groups (broad SMARTS) is 1. The lowest BCUT2D eigenvalue weighted by Crippen LogP contribution is -2.31. The molecule has 2 atom stereocenters. The molecule has 0 saturated heterocycles. The summed E-state index contributed by atoms with van der Waals surface area (Å²) >= 11 is 1.56. The van der Waals surface area contributed by atoms with Gasteiger partial charge in [0.05, 0.1) is 6.54 Å². The molecule has 1 heterocycles. The van der Waals surface area contributed by atoms with E-state index >= 15 is 0 Å². The van der Waals surface area contributed by atoms with Crippen LogP contribution < -0.4 is 0 Å². The molecule has 112 valence electrons. The number of thiophene rings is 1. The smallest absolute Gasteiger partial charge is 0.328 e. The summed E-state index contributed by atoms with van der Waals surface area (Å²) in [5.41, 5.74) is 0.875. The average Bonchev–Trinajstić information content (AvgIpc) is 2.88. The second-order valence-corrected chi connectivity index (χ2v) is 7.13. The first kappa shape index (κ1) is 14.3. The molecule has 3 rings (SSSR count). The van der Waals surface area contributed by atoms with E-state index in [2.05, 4.69) is 0 Å². The zero-order valence-electron chi connectivity index (χ0n) is 12.0. The van der Waals surface area contributed by atoms with E-state index in [0.717, 1.165) is 41.2 Å². The van der Waals surface area contributed by atoms with Crippen LogP contribution in [0.5, 0.6) is 0 Å². The number of carbonyl (C=O) groups is 2. The summed E-state index contributed by atoms with van der Waals surface area (Å²) in [6, 6.07) is 1.94. The van der Waals surface area contributed by atoms with Crippen LogP contribution in [-0.2, 0) is 16.1 Å². The third-order valence-electron chi connectivity index (χ3n) is 4.45. The molecule has 1 N–H and O–H groups in total. The van der Waals surface area contributed by atoms with Crippen molar-refractivity contribution in [3.8, 4) is 0 Å². The molecular formula is C16H19NO3S.